The molecule has 19 heavy (non-hydrogen) atoms. The number of fused-ring (bicyclic) bond motifs is 1. The van der Waals surface area contributed by atoms with Crippen molar-refractivity contribution in [2.75, 3.05) is 13.1 Å². The molecule has 0 aromatic heterocycles. The van der Waals surface area contributed by atoms with Crippen LogP contribution in [0.1, 0.15) is 43.4 Å². The predicted molar refractivity (Wildman–Crippen MR) is 80.7 cm³/mol. The number of aryl methyl sites for hydroxylation is 2. The predicted octanol–water partition coefficient (Wildman–Crippen LogP) is 2.45. The Balaban J connectivity index is 1.48. The fourth-order valence-electron chi connectivity index (χ4n) is 3.51. The summed E-state index contributed by atoms with van der Waals surface area (Å²) in [5.74, 6) is 0. The molecule has 0 spiro atoms. The van der Waals surface area contributed by atoms with Crippen LogP contribution in [-0.4, -0.2) is 24.7 Å². The van der Waals surface area contributed by atoms with Gasteiger partial charge in [0.15, 0.2) is 0 Å². The fraction of sp³-hybridized carbons (Fsp3) is 0.647. The summed E-state index contributed by atoms with van der Waals surface area (Å²) in [5.41, 5.74) is 4.99. The summed E-state index contributed by atoms with van der Waals surface area (Å²) in [6.45, 7) is 6.78. The van der Waals surface area contributed by atoms with Crippen molar-refractivity contribution in [2.24, 2.45) is 0 Å². The lowest BCUT2D eigenvalue weighted by molar-refractivity contribution is 0.443. The molecule has 1 aromatic rings. The Morgan fingerprint density at radius 1 is 1.26 bits per heavy atom. The van der Waals surface area contributed by atoms with Gasteiger partial charge in [-0.1, -0.05) is 18.2 Å². The molecular weight excluding hydrogens is 232 g/mol. The molecule has 1 aliphatic heterocycles. The molecule has 104 valence electrons. The largest absolute Gasteiger partial charge is 0.312 e. The first-order chi connectivity index (χ1) is 9.12. The highest BCUT2D eigenvalue weighted by Gasteiger charge is 2.29. The molecule has 0 radical (unpaired) electrons. The summed E-state index contributed by atoms with van der Waals surface area (Å²) in [7, 11) is 0. The SMILES string of the molecule is CC1(C)CC(NCCc2ccc3c(c2)CCC3)CN1. The number of hydrogen-bond acceptors (Lipinski definition) is 2. The summed E-state index contributed by atoms with van der Waals surface area (Å²) in [5, 5.41) is 7.26. The Kier molecular flexibility index (Phi) is 3.64. The summed E-state index contributed by atoms with van der Waals surface area (Å²) in [4.78, 5) is 0. The van der Waals surface area contributed by atoms with Crippen LogP contribution in [0.15, 0.2) is 18.2 Å². The van der Waals surface area contributed by atoms with Crippen LogP contribution < -0.4 is 10.6 Å². The van der Waals surface area contributed by atoms with Gasteiger partial charge >= 0.3 is 0 Å². The average molecular weight is 258 g/mol. The Morgan fingerprint density at radius 3 is 2.89 bits per heavy atom. The zero-order valence-electron chi connectivity index (χ0n) is 12.3. The minimum Gasteiger partial charge on any atom is -0.312 e. The van der Waals surface area contributed by atoms with Gasteiger partial charge in [0.05, 0.1) is 0 Å². The van der Waals surface area contributed by atoms with E-state index in [1.807, 2.05) is 0 Å². The van der Waals surface area contributed by atoms with E-state index in [1.165, 1.54) is 31.2 Å². The summed E-state index contributed by atoms with van der Waals surface area (Å²) in [6.07, 6.45) is 6.31. The Morgan fingerprint density at radius 2 is 2.11 bits per heavy atom. The highest BCUT2D eigenvalue weighted by molar-refractivity contribution is 5.35. The average Bonchev–Trinajstić information content (AvgIpc) is 2.95. The second-order valence-corrected chi connectivity index (χ2v) is 6.83. The highest BCUT2D eigenvalue weighted by atomic mass is 15.1. The van der Waals surface area contributed by atoms with E-state index in [0.717, 1.165) is 19.5 Å². The van der Waals surface area contributed by atoms with Gasteiger partial charge in [0.25, 0.3) is 0 Å². The van der Waals surface area contributed by atoms with E-state index in [1.54, 1.807) is 11.1 Å². The summed E-state index contributed by atoms with van der Waals surface area (Å²) < 4.78 is 0. The number of benzene rings is 1. The van der Waals surface area contributed by atoms with E-state index in [2.05, 4.69) is 42.7 Å². The zero-order valence-corrected chi connectivity index (χ0v) is 12.3. The van der Waals surface area contributed by atoms with Crippen LogP contribution in [0.3, 0.4) is 0 Å². The normalized spacial score (nSPS) is 24.6. The zero-order chi connectivity index (χ0) is 13.3. The van der Waals surface area contributed by atoms with E-state index in [-0.39, 0.29) is 0 Å². The van der Waals surface area contributed by atoms with Crippen molar-refractivity contribution in [3.8, 4) is 0 Å². The second kappa shape index (κ2) is 5.26. The van der Waals surface area contributed by atoms with Gasteiger partial charge in [-0.2, -0.15) is 0 Å². The van der Waals surface area contributed by atoms with Crippen molar-refractivity contribution in [2.45, 2.75) is 57.5 Å². The molecule has 0 amide bonds. The van der Waals surface area contributed by atoms with Crippen molar-refractivity contribution < 1.29 is 0 Å². The van der Waals surface area contributed by atoms with Crippen molar-refractivity contribution in [3.05, 3.63) is 34.9 Å². The van der Waals surface area contributed by atoms with E-state index in [4.69, 9.17) is 0 Å². The molecule has 2 nitrogen and oxygen atoms in total. The molecule has 1 saturated heterocycles. The number of rotatable bonds is 4. The fourth-order valence-corrected chi connectivity index (χ4v) is 3.51. The molecule has 2 N–H and O–H groups in total. The minimum absolute atomic E-state index is 0.311. The molecule has 1 unspecified atom stereocenters. The van der Waals surface area contributed by atoms with E-state index >= 15 is 0 Å². The number of hydrogen-bond donors (Lipinski definition) is 2. The van der Waals surface area contributed by atoms with Crippen LogP contribution in [0, 0.1) is 0 Å². The molecule has 1 fully saturated rings. The van der Waals surface area contributed by atoms with E-state index in [0.29, 0.717) is 11.6 Å². The lowest BCUT2D eigenvalue weighted by Crippen LogP contribution is -2.32. The van der Waals surface area contributed by atoms with Crippen LogP contribution in [0.25, 0.3) is 0 Å². The molecular formula is C17H26N2. The van der Waals surface area contributed by atoms with Gasteiger partial charge in [0, 0.05) is 18.1 Å². The topological polar surface area (TPSA) is 24.1 Å². The van der Waals surface area contributed by atoms with Crippen molar-refractivity contribution in [3.63, 3.8) is 0 Å². The minimum atomic E-state index is 0.311. The summed E-state index contributed by atoms with van der Waals surface area (Å²) in [6, 6.07) is 7.74. The second-order valence-electron chi connectivity index (χ2n) is 6.83. The molecule has 0 bridgehead atoms. The van der Waals surface area contributed by atoms with Gasteiger partial charge in [-0.3, -0.25) is 0 Å². The van der Waals surface area contributed by atoms with Gasteiger partial charge in [0.2, 0.25) is 0 Å². The van der Waals surface area contributed by atoms with Crippen LogP contribution in [-0.2, 0) is 19.3 Å². The molecule has 1 aliphatic carbocycles. The highest BCUT2D eigenvalue weighted by Crippen LogP contribution is 2.23. The molecule has 0 saturated carbocycles. The maximum Gasteiger partial charge on any atom is 0.0210 e. The first-order valence-corrected chi connectivity index (χ1v) is 7.71. The van der Waals surface area contributed by atoms with Gasteiger partial charge in [-0.15, -0.1) is 0 Å². The molecule has 2 aliphatic rings. The molecule has 1 aromatic carbocycles. The van der Waals surface area contributed by atoms with Gasteiger partial charge in [-0.25, -0.2) is 0 Å². The van der Waals surface area contributed by atoms with Crippen molar-refractivity contribution >= 4 is 0 Å². The maximum atomic E-state index is 3.69. The molecule has 1 atom stereocenters. The molecule has 3 rings (SSSR count). The van der Waals surface area contributed by atoms with Gasteiger partial charge in [-0.05, 0) is 69.2 Å². The lowest BCUT2D eigenvalue weighted by atomic mass is 10.0. The molecule has 1 heterocycles. The van der Waals surface area contributed by atoms with E-state index in [9.17, 15) is 0 Å². The Hall–Kier alpha value is -0.860. The van der Waals surface area contributed by atoms with E-state index < -0.39 is 0 Å². The smallest absolute Gasteiger partial charge is 0.0210 e. The van der Waals surface area contributed by atoms with Crippen LogP contribution in [0.2, 0.25) is 0 Å². The number of nitrogens with one attached hydrogen (secondary N) is 2. The third-order valence-electron chi connectivity index (χ3n) is 4.59. The lowest BCUT2D eigenvalue weighted by Gasteiger charge is -2.17. The first-order valence-electron chi connectivity index (χ1n) is 7.71. The van der Waals surface area contributed by atoms with Gasteiger partial charge < -0.3 is 10.6 Å². The van der Waals surface area contributed by atoms with Crippen molar-refractivity contribution in [1.29, 1.82) is 0 Å². The van der Waals surface area contributed by atoms with Crippen LogP contribution >= 0.6 is 0 Å². The summed E-state index contributed by atoms with van der Waals surface area (Å²) >= 11 is 0. The van der Waals surface area contributed by atoms with Crippen molar-refractivity contribution in [1.82, 2.24) is 10.6 Å². The third-order valence-corrected chi connectivity index (χ3v) is 4.59. The third kappa shape index (κ3) is 3.18. The monoisotopic (exact) mass is 258 g/mol. The Labute approximate surface area is 117 Å². The van der Waals surface area contributed by atoms with Crippen LogP contribution in [0.4, 0.5) is 0 Å². The standard InChI is InChI=1S/C17H26N2/c1-17(2)11-16(12-19-17)18-9-8-13-6-7-14-4-3-5-15(14)10-13/h6-7,10,16,18-19H,3-5,8-9,11-12H2,1-2H3. The first kappa shape index (κ1) is 13.1. The maximum absolute atomic E-state index is 3.69. The van der Waals surface area contributed by atoms with Crippen LogP contribution in [0.5, 0.6) is 0 Å². The van der Waals surface area contributed by atoms with Gasteiger partial charge in [0.1, 0.15) is 0 Å². The quantitative estimate of drug-likeness (QED) is 0.867. The molecule has 2 heteroatoms. The Bertz CT molecular complexity index is 451.